The van der Waals surface area contributed by atoms with Crippen molar-refractivity contribution < 1.29 is 0 Å². The average molecular weight is 415 g/mol. The Morgan fingerprint density at radius 1 is 1.29 bits per heavy atom. The number of aromatic nitrogens is 1. The zero-order valence-corrected chi connectivity index (χ0v) is 15.2. The van der Waals surface area contributed by atoms with Crippen LogP contribution in [-0.2, 0) is 0 Å². The van der Waals surface area contributed by atoms with Crippen LogP contribution in [0.4, 0.5) is 0 Å². The summed E-state index contributed by atoms with van der Waals surface area (Å²) in [5.41, 5.74) is 2.31. The minimum Gasteiger partial charge on any atom is -0.309 e. The molecule has 0 bridgehead atoms. The molecular weight excluding hydrogens is 395 g/mol. The van der Waals surface area contributed by atoms with Crippen LogP contribution in [0.2, 0.25) is 5.02 Å². The third-order valence-corrected chi connectivity index (χ3v) is 5.14. The highest BCUT2D eigenvalue weighted by Gasteiger charge is 2.21. The molecular formula is C17H20ClIN2. The molecule has 112 valence electrons. The molecule has 1 aromatic heterocycles. The van der Waals surface area contributed by atoms with Gasteiger partial charge in [0.15, 0.2) is 0 Å². The van der Waals surface area contributed by atoms with Crippen LogP contribution >= 0.6 is 34.2 Å². The summed E-state index contributed by atoms with van der Waals surface area (Å²) in [6, 6.07) is 12.6. The van der Waals surface area contributed by atoms with Gasteiger partial charge in [-0.2, -0.15) is 0 Å². The van der Waals surface area contributed by atoms with E-state index in [2.05, 4.69) is 71.0 Å². The van der Waals surface area contributed by atoms with Gasteiger partial charge < -0.3 is 5.32 Å². The number of halogens is 2. The second kappa shape index (κ2) is 8.11. The molecule has 21 heavy (non-hydrogen) atoms. The lowest BCUT2D eigenvalue weighted by Crippen LogP contribution is -2.27. The van der Waals surface area contributed by atoms with E-state index in [4.69, 9.17) is 11.6 Å². The maximum Gasteiger partial charge on any atom is 0.0542 e. The number of hydrogen-bond acceptors (Lipinski definition) is 2. The van der Waals surface area contributed by atoms with E-state index in [9.17, 15) is 0 Å². The van der Waals surface area contributed by atoms with Crippen LogP contribution in [0.1, 0.15) is 43.5 Å². The molecule has 0 aliphatic heterocycles. The summed E-state index contributed by atoms with van der Waals surface area (Å²) in [7, 11) is 0. The largest absolute Gasteiger partial charge is 0.309 e. The lowest BCUT2D eigenvalue weighted by Gasteiger charge is -2.26. The molecule has 2 aromatic rings. The maximum atomic E-state index is 6.29. The van der Waals surface area contributed by atoms with Gasteiger partial charge in [-0.05, 0) is 65.4 Å². The summed E-state index contributed by atoms with van der Waals surface area (Å²) >= 11 is 8.55. The number of nitrogens with zero attached hydrogens (tertiary/aromatic N) is 1. The fraction of sp³-hybridized carbons (Fsp3) is 0.353. The zero-order chi connectivity index (χ0) is 15.2. The molecule has 2 unspecified atom stereocenters. The van der Waals surface area contributed by atoms with Crippen molar-refractivity contribution in [2.45, 2.75) is 32.2 Å². The smallest absolute Gasteiger partial charge is 0.0542 e. The highest BCUT2D eigenvalue weighted by molar-refractivity contribution is 14.1. The molecule has 1 heterocycles. The van der Waals surface area contributed by atoms with E-state index in [1.807, 2.05) is 18.3 Å². The molecule has 0 fully saturated rings. The van der Waals surface area contributed by atoms with Crippen molar-refractivity contribution in [3.8, 4) is 0 Å². The van der Waals surface area contributed by atoms with Crippen LogP contribution in [0.25, 0.3) is 0 Å². The minimum atomic E-state index is 0.217. The Bertz CT molecular complexity index is 574. The van der Waals surface area contributed by atoms with E-state index >= 15 is 0 Å². The quantitative estimate of drug-likeness (QED) is 0.659. The van der Waals surface area contributed by atoms with Crippen molar-refractivity contribution in [1.82, 2.24) is 10.3 Å². The standard InChI is InChI=1S/C17H20ClIN2/c1-3-9-21-17(12(2)16-6-4-5-10-20-16)13-7-8-15(19)14(18)11-13/h4-8,10-12,17,21H,3,9H2,1-2H3. The molecule has 0 aliphatic carbocycles. The van der Waals surface area contributed by atoms with E-state index in [1.165, 1.54) is 5.56 Å². The van der Waals surface area contributed by atoms with Gasteiger partial charge in [0, 0.05) is 27.4 Å². The van der Waals surface area contributed by atoms with Crippen LogP contribution in [0.15, 0.2) is 42.6 Å². The van der Waals surface area contributed by atoms with Gasteiger partial charge in [0.2, 0.25) is 0 Å². The van der Waals surface area contributed by atoms with Crippen molar-refractivity contribution >= 4 is 34.2 Å². The fourth-order valence-corrected chi connectivity index (χ4v) is 2.93. The molecule has 1 N–H and O–H groups in total. The van der Waals surface area contributed by atoms with Gasteiger partial charge in [-0.3, -0.25) is 4.98 Å². The summed E-state index contributed by atoms with van der Waals surface area (Å²) in [6.07, 6.45) is 2.95. The van der Waals surface area contributed by atoms with Gasteiger partial charge in [0.25, 0.3) is 0 Å². The Balaban J connectivity index is 2.31. The first kappa shape index (κ1) is 16.7. The summed E-state index contributed by atoms with van der Waals surface area (Å²) in [4.78, 5) is 4.50. The fourth-order valence-electron chi connectivity index (χ4n) is 2.41. The van der Waals surface area contributed by atoms with E-state index in [0.29, 0.717) is 0 Å². The van der Waals surface area contributed by atoms with Crippen LogP contribution in [0.5, 0.6) is 0 Å². The van der Waals surface area contributed by atoms with Crippen molar-refractivity contribution in [2.75, 3.05) is 6.54 Å². The first-order chi connectivity index (χ1) is 10.1. The lowest BCUT2D eigenvalue weighted by atomic mass is 9.91. The van der Waals surface area contributed by atoms with E-state index in [1.54, 1.807) is 0 Å². The number of hydrogen-bond donors (Lipinski definition) is 1. The first-order valence-corrected chi connectivity index (χ1v) is 8.68. The monoisotopic (exact) mass is 414 g/mol. The van der Waals surface area contributed by atoms with Crippen LogP contribution in [-0.4, -0.2) is 11.5 Å². The normalized spacial score (nSPS) is 13.9. The van der Waals surface area contributed by atoms with Gasteiger partial charge in [-0.15, -0.1) is 0 Å². The predicted molar refractivity (Wildman–Crippen MR) is 97.9 cm³/mol. The second-order valence-corrected chi connectivity index (χ2v) is 6.72. The molecule has 2 atom stereocenters. The van der Waals surface area contributed by atoms with Gasteiger partial charge in [-0.25, -0.2) is 0 Å². The zero-order valence-electron chi connectivity index (χ0n) is 12.3. The molecule has 0 amide bonds. The number of benzene rings is 1. The summed E-state index contributed by atoms with van der Waals surface area (Å²) in [5.74, 6) is 0.286. The number of nitrogens with one attached hydrogen (secondary N) is 1. The molecule has 4 heteroatoms. The molecule has 2 nitrogen and oxygen atoms in total. The third kappa shape index (κ3) is 4.41. The Hall–Kier alpha value is -0.650. The SMILES string of the molecule is CCCNC(c1ccc(I)c(Cl)c1)C(C)c1ccccn1. The topological polar surface area (TPSA) is 24.9 Å². The summed E-state index contributed by atoms with van der Waals surface area (Å²) < 4.78 is 1.08. The van der Waals surface area contributed by atoms with Gasteiger partial charge in [-0.1, -0.05) is 37.6 Å². The Kier molecular flexibility index (Phi) is 6.45. The highest BCUT2D eigenvalue weighted by Crippen LogP contribution is 2.32. The van der Waals surface area contributed by atoms with Crippen LogP contribution in [0, 0.1) is 3.57 Å². The minimum absolute atomic E-state index is 0.217. The molecule has 0 radical (unpaired) electrons. The summed E-state index contributed by atoms with van der Waals surface area (Å²) in [6.45, 7) is 5.36. The lowest BCUT2D eigenvalue weighted by molar-refractivity contribution is 0.460. The van der Waals surface area contributed by atoms with Crippen LogP contribution < -0.4 is 5.32 Å². The molecule has 0 saturated carbocycles. The van der Waals surface area contributed by atoms with Crippen molar-refractivity contribution in [2.24, 2.45) is 0 Å². The Morgan fingerprint density at radius 3 is 2.71 bits per heavy atom. The number of rotatable bonds is 6. The molecule has 0 saturated heterocycles. The Labute approximate surface area is 145 Å². The third-order valence-electron chi connectivity index (χ3n) is 3.57. The summed E-state index contributed by atoms with van der Waals surface area (Å²) in [5, 5.41) is 4.44. The van der Waals surface area contributed by atoms with Crippen molar-refractivity contribution in [1.29, 1.82) is 0 Å². The van der Waals surface area contributed by atoms with E-state index in [-0.39, 0.29) is 12.0 Å². The average Bonchev–Trinajstić information content (AvgIpc) is 2.51. The van der Waals surface area contributed by atoms with Gasteiger partial charge in [0.05, 0.1) is 5.02 Å². The molecule has 0 spiro atoms. The molecule has 1 aromatic carbocycles. The van der Waals surface area contributed by atoms with Gasteiger partial charge >= 0.3 is 0 Å². The number of pyridine rings is 1. The first-order valence-electron chi connectivity index (χ1n) is 7.22. The van der Waals surface area contributed by atoms with Crippen molar-refractivity contribution in [3.05, 3.63) is 62.4 Å². The van der Waals surface area contributed by atoms with Gasteiger partial charge in [0.1, 0.15) is 0 Å². The highest BCUT2D eigenvalue weighted by atomic mass is 127. The maximum absolute atomic E-state index is 6.29. The Morgan fingerprint density at radius 2 is 2.10 bits per heavy atom. The van der Waals surface area contributed by atoms with Crippen LogP contribution in [0.3, 0.4) is 0 Å². The molecule has 0 aliphatic rings. The van der Waals surface area contributed by atoms with E-state index in [0.717, 1.165) is 27.3 Å². The second-order valence-electron chi connectivity index (χ2n) is 5.15. The predicted octanol–water partition coefficient (Wildman–Crippen LogP) is 5.18. The van der Waals surface area contributed by atoms with E-state index < -0.39 is 0 Å². The molecule has 2 rings (SSSR count). The van der Waals surface area contributed by atoms with Crippen molar-refractivity contribution in [3.63, 3.8) is 0 Å².